The predicted molar refractivity (Wildman–Crippen MR) is 108 cm³/mol. The fraction of sp³-hybridized carbons (Fsp3) is 0.429. The summed E-state index contributed by atoms with van der Waals surface area (Å²) in [7, 11) is 0. The van der Waals surface area contributed by atoms with Gasteiger partial charge in [0.2, 0.25) is 17.8 Å². The third kappa shape index (κ3) is 5.85. The van der Waals surface area contributed by atoms with Crippen molar-refractivity contribution < 1.29 is 9.59 Å². The molecule has 2 heterocycles. The van der Waals surface area contributed by atoms with Crippen LogP contribution in [0.4, 0.5) is 5.95 Å². The summed E-state index contributed by atoms with van der Waals surface area (Å²) >= 11 is 0. The van der Waals surface area contributed by atoms with Crippen molar-refractivity contribution >= 4 is 17.8 Å². The minimum atomic E-state index is -0.265. The van der Waals surface area contributed by atoms with E-state index in [1.54, 1.807) is 18.5 Å². The first-order valence-corrected chi connectivity index (χ1v) is 9.77. The normalized spacial score (nSPS) is 16.3. The second kappa shape index (κ2) is 9.94. The average Bonchev–Trinajstić information content (AvgIpc) is 2.74. The van der Waals surface area contributed by atoms with Crippen molar-refractivity contribution in [3.8, 4) is 0 Å². The first kappa shape index (κ1) is 19.9. The number of amides is 2. The van der Waals surface area contributed by atoms with Gasteiger partial charge >= 0.3 is 0 Å². The van der Waals surface area contributed by atoms with E-state index in [0.29, 0.717) is 12.4 Å². The number of aromatic nitrogens is 2. The molecule has 1 saturated heterocycles. The molecule has 1 fully saturated rings. The minimum absolute atomic E-state index is 0.0920. The van der Waals surface area contributed by atoms with Crippen LogP contribution in [-0.2, 0) is 16.0 Å². The highest BCUT2D eigenvalue weighted by Crippen LogP contribution is 2.14. The molecule has 2 aromatic rings. The topological polar surface area (TPSA) is 87.2 Å². The standard InChI is InChI=1S/C21H27N5O2/c1-16(20(28)25-21-22-12-5-13-23-21)26-14-10-18(11-15-26)24-19(27)9-8-17-6-3-2-4-7-17/h2-7,12-13,16,18H,8-11,14-15H2,1H3,(H,24,27)(H,22,23,25,28). The van der Waals surface area contributed by atoms with Crippen LogP contribution in [0.1, 0.15) is 31.7 Å². The van der Waals surface area contributed by atoms with E-state index >= 15 is 0 Å². The largest absolute Gasteiger partial charge is 0.353 e. The molecular weight excluding hydrogens is 354 g/mol. The maximum atomic E-state index is 12.4. The molecule has 0 saturated carbocycles. The Morgan fingerprint density at radius 3 is 2.46 bits per heavy atom. The van der Waals surface area contributed by atoms with Crippen LogP contribution in [-0.4, -0.2) is 51.9 Å². The van der Waals surface area contributed by atoms with Crippen LogP contribution in [0, 0.1) is 0 Å². The molecule has 0 spiro atoms. The second-order valence-electron chi connectivity index (χ2n) is 7.10. The Bertz CT molecular complexity index is 761. The zero-order chi connectivity index (χ0) is 19.8. The number of benzene rings is 1. The number of nitrogens with one attached hydrogen (secondary N) is 2. The molecule has 1 aliphatic rings. The van der Waals surface area contributed by atoms with E-state index in [1.165, 1.54) is 5.56 Å². The molecule has 0 radical (unpaired) electrons. The van der Waals surface area contributed by atoms with Crippen molar-refractivity contribution in [2.45, 2.75) is 44.7 Å². The summed E-state index contributed by atoms with van der Waals surface area (Å²) in [6, 6.07) is 11.7. The maximum Gasteiger partial charge on any atom is 0.243 e. The number of piperidine rings is 1. The number of hydrogen-bond donors (Lipinski definition) is 2. The molecular formula is C21H27N5O2. The summed E-state index contributed by atoms with van der Waals surface area (Å²) in [6.45, 7) is 3.43. The molecule has 1 aromatic heterocycles. The number of carbonyl (C=O) groups is 2. The van der Waals surface area contributed by atoms with E-state index in [4.69, 9.17) is 0 Å². The number of anilines is 1. The van der Waals surface area contributed by atoms with Crippen molar-refractivity contribution in [3.05, 3.63) is 54.4 Å². The fourth-order valence-electron chi connectivity index (χ4n) is 3.38. The molecule has 7 nitrogen and oxygen atoms in total. The van der Waals surface area contributed by atoms with Gasteiger partial charge in [-0.05, 0) is 37.8 Å². The molecule has 0 aliphatic carbocycles. The molecule has 1 atom stereocenters. The Kier molecular flexibility index (Phi) is 7.08. The third-order valence-electron chi connectivity index (χ3n) is 5.11. The Hall–Kier alpha value is -2.80. The number of likely N-dealkylation sites (tertiary alicyclic amines) is 1. The van der Waals surface area contributed by atoms with Crippen molar-refractivity contribution in [3.63, 3.8) is 0 Å². The quantitative estimate of drug-likeness (QED) is 0.766. The van der Waals surface area contributed by atoms with E-state index in [2.05, 4.69) is 25.5 Å². The number of rotatable bonds is 7. The van der Waals surface area contributed by atoms with E-state index < -0.39 is 0 Å². The molecule has 7 heteroatoms. The number of nitrogens with zero attached hydrogens (tertiary/aromatic N) is 3. The molecule has 148 valence electrons. The van der Waals surface area contributed by atoms with Crippen LogP contribution in [0.15, 0.2) is 48.8 Å². The smallest absolute Gasteiger partial charge is 0.243 e. The summed E-state index contributed by atoms with van der Waals surface area (Å²) in [5.41, 5.74) is 1.18. The zero-order valence-corrected chi connectivity index (χ0v) is 16.2. The van der Waals surface area contributed by atoms with Gasteiger partial charge in [0.05, 0.1) is 6.04 Å². The van der Waals surface area contributed by atoms with E-state index in [0.717, 1.165) is 32.4 Å². The van der Waals surface area contributed by atoms with Crippen molar-refractivity contribution in [1.82, 2.24) is 20.2 Å². The molecule has 2 amide bonds. The van der Waals surface area contributed by atoms with Gasteiger partial charge < -0.3 is 5.32 Å². The molecule has 3 rings (SSSR count). The number of aryl methyl sites for hydroxylation is 1. The van der Waals surface area contributed by atoms with Crippen LogP contribution in [0.5, 0.6) is 0 Å². The lowest BCUT2D eigenvalue weighted by Crippen LogP contribution is -2.50. The molecule has 28 heavy (non-hydrogen) atoms. The van der Waals surface area contributed by atoms with Gasteiger partial charge in [-0.15, -0.1) is 0 Å². The lowest BCUT2D eigenvalue weighted by atomic mass is 10.0. The lowest BCUT2D eigenvalue weighted by Gasteiger charge is -2.35. The Morgan fingerprint density at radius 2 is 1.79 bits per heavy atom. The first-order valence-electron chi connectivity index (χ1n) is 9.77. The monoisotopic (exact) mass is 381 g/mol. The summed E-state index contributed by atoms with van der Waals surface area (Å²) in [5, 5.41) is 5.87. The van der Waals surface area contributed by atoms with E-state index in [1.807, 2.05) is 37.3 Å². The van der Waals surface area contributed by atoms with E-state index in [-0.39, 0.29) is 23.9 Å². The number of carbonyl (C=O) groups excluding carboxylic acids is 2. The summed E-state index contributed by atoms with van der Waals surface area (Å²) in [6.07, 6.45) is 6.13. The van der Waals surface area contributed by atoms with Crippen LogP contribution in [0.3, 0.4) is 0 Å². The highest BCUT2D eigenvalue weighted by atomic mass is 16.2. The predicted octanol–water partition coefficient (Wildman–Crippen LogP) is 2.02. The van der Waals surface area contributed by atoms with Gasteiger partial charge in [0.1, 0.15) is 0 Å². The van der Waals surface area contributed by atoms with Gasteiger partial charge in [-0.2, -0.15) is 0 Å². The van der Waals surface area contributed by atoms with Crippen molar-refractivity contribution in [1.29, 1.82) is 0 Å². The van der Waals surface area contributed by atoms with Gasteiger partial charge in [0.15, 0.2) is 0 Å². The minimum Gasteiger partial charge on any atom is -0.353 e. The van der Waals surface area contributed by atoms with Gasteiger partial charge in [-0.25, -0.2) is 9.97 Å². The number of hydrogen-bond acceptors (Lipinski definition) is 5. The van der Waals surface area contributed by atoms with Gasteiger partial charge in [0.25, 0.3) is 0 Å². The van der Waals surface area contributed by atoms with Gasteiger partial charge in [-0.3, -0.25) is 19.8 Å². The Morgan fingerprint density at radius 1 is 1.11 bits per heavy atom. The van der Waals surface area contributed by atoms with Crippen LogP contribution in [0.2, 0.25) is 0 Å². The van der Waals surface area contributed by atoms with Gasteiger partial charge in [-0.1, -0.05) is 30.3 Å². The van der Waals surface area contributed by atoms with Crippen LogP contribution >= 0.6 is 0 Å². The lowest BCUT2D eigenvalue weighted by molar-refractivity contribution is -0.123. The highest BCUT2D eigenvalue weighted by Gasteiger charge is 2.27. The molecule has 1 aromatic carbocycles. The van der Waals surface area contributed by atoms with Crippen molar-refractivity contribution in [2.24, 2.45) is 0 Å². The van der Waals surface area contributed by atoms with Crippen molar-refractivity contribution in [2.75, 3.05) is 18.4 Å². The summed E-state index contributed by atoms with van der Waals surface area (Å²) in [4.78, 5) is 34.8. The maximum absolute atomic E-state index is 12.4. The Balaban J connectivity index is 1.38. The molecule has 1 aliphatic heterocycles. The van der Waals surface area contributed by atoms with E-state index in [9.17, 15) is 9.59 Å². The molecule has 1 unspecified atom stereocenters. The molecule has 0 bridgehead atoms. The summed E-state index contributed by atoms with van der Waals surface area (Å²) in [5.74, 6) is 0.297. The van der Waals surface area contributed by atoms with Crippen LogP contribution in [0.25, 0.3) is 0 Å². The fourth-order valence-corrected chi connectivity index (χ4v) is 3.38. The van der Waals surface area contributed by atoms with Gasteiger partial charge in [0, 0.05) is 37.9 Å². The first-order chi connectivity index (χ1) is 13.6. The molecule has 2 N–H and O–H groups in total. The van der Waals surface area contributed by atoms with Crippen LogP contribution < -0.4 is 10.6 Å². The second-order valence-corrected chi connectivity index (χ2v) is 7.10. The Labute approximate surface area is 165 Å². The average molecular weight is 381 g/mol. The summed E-state index contributed by atoms with van der Waals surface area (Å²) < 4.78 is 0. The SMILES string of the molecule is CC(C(=O)Nc1ncccn1)N1CCC(NC(=O)CCc2ccccc2)CC1. The third-order valence-corrected chi connectivity index (χ3v) is 5.11. The highest BCUT2D eigenvalue weighted by molar-refractivity contribution is 5.93. The zero-order valence-electron chi connectivity index (χ0n) is 16.2.